The summed E-state index contributed by atoms with van der Waals surface area (Å²) in [5.74, 6) is 0.213. The Morgan fingerprint density at radius 1 is 1.20 bits per heavy atom. The third-order valence-corrected chi connectivity index (χ3v) is 5.04. The molecule has 0 spiro atoms. The average molecular weight is 383 g/mol. The minimum Gasteiger partial charge on any atom is -0.494 e. The lowest BCUT2D eigenvalue weighted by Crippen LogP contribution is -2.41. The van der Waals surface area contributed by atoms with Gasteiger partial charge in [0.1, 0.15) is 5.75 Å². The Morgan fingerprint density at radius 3 is 2.48 bits per heavy atom. The van der Waals surface area contributed by atoms with E-state index in [4.69, 9.17) is 16.3 Å². The minimum atomic E-state index is -3.85. The number of anilines is 1. The molecule has 0 aliphatic rings. The molecule has 0 aliphatic heterocycles. The smallest absolute Gasteiger partial charge is 0.242 e. The first-order valence-corrected chi connectivity index (χ1v) is 9.49. The Hall–Kier alpha value is -2.09. The summed E-state index contributed by atoms with van der Waals surface area (Å²) in [6.07, 6.45) is 0. The van der Waals surface area contributed by atoms with Gasteiger partial charge in [-0.15, -0.1) is 0 Å². The molecule has 0 bridgehead atoms. The summed E-state index contributed by atoms with van der Waals surface area (Å²) in [6, 6.07) is 11.7. The van der Waals surface area contributed by atoms with E-state index >= 15 is 0 Å². The molecular formula is C17H19ClN2O4S. The fourth-order valence-electron chi connectivity index (χ4n) is 2.04. The highest BCUT2D eigenvalue weighted by Gasteiger charge is 2.22. The van der Waals surface area contributed by atoms with Crippen molar-refractivity contribution >= 4 is 33.2 Å². The van der Waals surface area contributed by atoms with Crippen LogP contribution in [0.15, 0.2) is 53.4 Å². The van der Waals surface area contributed by atoms with Gasteiger partial charge in [0.25, 0.3) is 0 Å². The van der Waals surface area contributed by atoms with E-state index in [1.54, 1.807) is 30.3 Å². The van der Waals surface area contributed by atoms with E-state index in [1.807, 2.05) is 6.92 Å². The van der Waals surface area contributed by atoms with Gasteiger partial charge in [-0.05, 0) is 56.3 Å². The number of carbonyl (C=O) groups is 1. The quantitative estimate of drug-likeness (QED) is 0.770. The molecule has 2 aromatic rings. The number of halogens is 1. The van der Waals surface area contributed by atoms with Crippen LogP contribution in [-0.4, -0.2) is 27.0 Å². The number of ether oxygens (including phenoxy) is 1. The van der Waals surface area contributed by atoms with Gasteiger partial charge in [0.15, 0.2) is 0 Å². The van der Waals surface area contributed by atoms with Gasteiger partial charge in [-0.2, -0.15) is 4.72 Å². The zero-order valence-electron chi connectivity index (χ0n) is 13.8. The molecule has 0 saturated carbocycles. The van der Waals surface area contributed by atoms with Crippen LogP contribution in [0.4, 0.5) is 5.69 Å². The maximum atomic E-state index is 12.3. The van der Waals surface area contributed by atoms with Crippen LogP contribution in [0.2, 0.25) is 5.02 Å². The van der Waals surface area contributed by atoms with Crippen molar-refractivity contribution in [3.63, 3.8) is 0 Å². The highest BCUT2D eigenvalue weighted by molar-refractivity contribution is 7.89. The van der Waals surface area contributed by atoms with E-state index in [2.05, 4.69) is 10.0 Å². The maximum Gasteiger partial charge on any atom is 0.242 e. The maximum absolute atomic E-state index is 12.3. The van der Waals surface area contributed by atoms with Gasteiger partial charge in [-0.1, -0.05) is 17.7 Å². The van der Waals surface area contributed by atoms with Crippen molar-refractivity contribution in [2.75, 3.05) is 11.9 Å². The topological polar surface area (TPSA) is 84.5 Å². The van der Waals surface area contributed by atoms with Gasteiger partial charge in [0, 0.05) is 10.7 Å². The van der Waals surface area contributed by atoms with E-state index in [0.29, 0.717) is 23.1 Å². The van der Waals surface area contributed by atoms with E-state index in [9.17, 15) is 13.2 Å². The third-order valence-electron chi connectivity index (χ3n) is 3.26. The first-order chi connectivity index (χ1) is 11.8. The molecule has 2 rings (SSSR count). The van der Waals surface area contributed by atoms with E-state index < -0.39 is 22.0 Å². The van der Waals surface area contributed by atoms with Crippen molar-refractivity contribution in [3.05, 3.63) is 53.6 Å². The molecule has 134 valence electrons. The van der Waals surface area contributed by atoms with Crippen molar-refractivity contribution < 1.29 is 17.9 Å². The Labute approximate surface area is 152 Å². The number of rotatable bonds is 7. The predicted octanol–water partition coefficient (Wildman–Crippen LogP) is 3.04. The van der Waals surface area contributed by atoms with Crippen molar-refractivity contribution in [1.82, 2.24) is 4.72 Å². The summed E-state index contributed by atoms with van der Waals surface area (Å²) in [5.41, 5.74) is 0.544. The number of benzene rings is 2. The fraction of sp³-hybridized carbons (Fsp3) is 0.235. The summed E-state index contributed by atoms with van der Waals surface area (Å²) < 4.78 is 32.3. The normalized spacial score (nSPS) is 12.4. The monoisotopic (exact) mass is 382 g/mol. The van der Waals surface area contributed by atoms with Crippen LogP contribution in [0.1, 0.15) is 13.8 Å². The molecule has 0 heterocycles. The van der Waals surface area contributed by atoms with Gasteiger partial charge < -0.3 is 10.1 Å². The molecule has 0 radical (unpaired) electrons. The number of nitrogens with one attached hydrogen (secondary N) is 2. The third kappa shape index (κ3) is 5.45. The molecule has 0 aliphatic carbocycles. The molecule has 0 unspecified atom stereocenters. The Bertz CT molecular complexity index is 838. The number of sulfonamides is 1. The van der Waals surface area contributed by atoms with Crippen molar-refractivity contribution in [2.24, 2.45) is 0 Å². The van der Waals surface area contributed by atoms with Crippen LogP contribution >= 0.6 is 11.6 Å². The van der Waals surface area contributed by atoms with Gasteiger partial charge >= 0.3 is 0 Å². The van der Waals surface area contributed by atoms with Gasteiger partial charge in [0.05, 0.1) is 17.5 Å². The van der Waals surface area contributed by atoms with Crippen LogP contribution in [0.3, 0.4) is 0 Å². The highest BCUT2D eigenvalue weighted by atomic mass is 35.5. The first-order valence-electron chi connectivity index (χ1n) is 7.63. The molecule has 1 atom stereocenters. The summed E-state index contributed by atoms with van der Waals surface area (Å²) >= 11 is 5.81. The van der Waals surface area contributed by atoms with Crippen molar-refractivity contribution in [1.29, 1.82) is 0 Å². The van der Waals surface area contributed by atoms with E-state index in [-0.39, 0.29) is 4.90 Å². The highest BCUT2D eigenvalue weighted by Crippen LogP contribution is 2.17. The van der Waals surface area contributed by atoms with Crippen molar-refractivity contribution in [2.45, 2.75) is 24.8 Å². The summed E-state index contributed by atoms with van der Waals surface area (Å²) in [6.45, 7) is 3.89. The van der Waals surface area contributed by atoms with E-state index in [0.717, 1.165) is 0 Å². The molecule has 2 N–H and O–H groups in total. The molecule has 8 heteroatoms. The van der Waals surface area contributed by atoms with Crippen LogP contribution < -0.4 is 14.8 Å². The van der Waals surface area contributed by atoms with E-state index in [1.165, 1.54) is 25.1 Å². The van der Waals surface area contributed by atoms with Crippen LogP contribution in [0.25, 0.3) is 0 Å². The van der Waals surface area contributed by atoms with Crippen molar-refractivity contribution in [3.8, 4) is 5.75 Å². The fourth-order valence-corrected chi connectivity index (χ4v) is 3.54. The number of carbonyl (C=O) groups excluding carboxylic acids is 1. The summed E-state index contributed by atoms with van der Waals surface area (Å²) in [7, 11) is -3.85. The zero-order valence-corrected chi connectivity index (χ0v) is 15.4. The largest absolute Gasteiger partial charge is 0.494 e. The Kier molecular flexibility index (Phi) is 6.41. The zero-order chi connectivity index (χ0) is 18.4. The molecule has 2 aromatic carbocycles. The van der Waals surface area contributed by atoms with Crippen LogP contribution in [0.5, 0.6) is 5.75 Å². The number of amides is 1. The standard InChI is InChI=1S/C17H19ClN2O4S/c1-3-24-15-9-7-14(8-10-15)19-17(21)12(2)20-25(22,23)16-6-4-5-13(18)11-16/h4-12,20H,3H2,1-2H3,(H,19,21)/t12-/m0/s1. The van der Waals surface area contributed by atoms with Gasteiger partial charge in [-0.3, -0.25) is 4.79 Å². The lowest BCUT2D eigenvalue weighted by Gasteiger charge is -2.15. The van der Waals surface area contributed by atoms with Gasteiger partial charge in [0.2, 0.25) is 15.9 Å². The molecule has 0 saturated heterocycles. The minimum absolute atomic E-state index is 0.000664. The molecule has 1 amide bonds. The summed E-state index contributed by atoms with van der Waals surface area (Å²) in [4.78, 5) is 12.2. The first kappa shape index (κ1) is 19.2. The number of hydrogen-bond acceptors (Lipinski definition) is 4. The lowest BCUT2D eigenvalue weighted by molar-refractivity contribution is -0.117. The second-order valence-electron chi connectivity index (χ2n) is 5.25. The second-order valence-corrected chi connectivity index (χ2v) is 7.40. The molecular weight excluding hydrogens is 364 g/mol. The summed E-state index contributed by atoms with van der Waals surface area (Å²) in [5, 5.41) is 2.95. The average Bonchev–Trinajstić information content (AvgIpc) is 2.56. The predicted molar refractivity (Wildman–Crippen MR) is 97.5 cm³/mol. The molecule has 6 nitrogen and oxygen atoms in total. The van der Waals surface area contributed by atoms with Gasteiger partial charge in [-0.25, -0.2) is 8.42 Å². The second kappa shape index (κ2) is 8.33. The van der Waals surface area contributed by atoms with Crippen LogP contribution in [0, 0.1) is 0 Å². The molecule has 0 fully saturated rings. The van der Waals surface area contributed by atoms with Crippen LogP contribution in [-0.2, 0) is 14.8 Å². The lowest BCUT2D eigenvalue weighted by atomic mass is 10.2. The Morgan fingerprint density at radius 2 is 1.88 bits per heavy atom. The SMILES string of the molecule is CCOc1ccc(NC(=O)[C@H](C)NS(=O)(=O)c2cccc(Cl)c2)cc1. The molecule has 0 aromatic heterocycles. The number of hydrogen-bond donors (Lipinski definition) is 2. The molecule has 25 heavy (non-hydrogen) atoms. The Balaban J connectivity index is 2.02.